The first-order chi connectivity index (χ1) is 16.4. The van der Waals surface area contributed by atoms with Crippen LogP contribution in [-0.4, -0.2) is 25.2 Å². The number of piperidine rings is 1. The van der Waals surface area contributed by atoms with Crippen LogP contribution in [0.4, 0.5) is 11.4 Å². The third kappa shape index (κ3) is 6.30. The molecule has 1 heterocycles. The van der Waals surface area contributed by atoms with Crippen molar-refractivity contribution in [2.75, 3.05) is 23.8 Å². The van der Waals surface area contributed by atoms with Gasteiger partial charge in [-0.1, -0.05) is 48.0 Å². The third-order valence-electron chi connectivity index (χ3n) is 5.82. The van der Waals surface area contributed by atoms with E-state index >= 15 is 0 Å². The lowest BCUT2D eigenvalue weighted by atomic mass is 10.0. The lowest BCUT2D eigenvalue weighted by Crippen LogP contribution is -2.45. The van der Waals surface area contributed by atoms with Crippen molar-refractivity contribution in [3.05, 3.63) is 82.9 Å². The van der Waals surface area contributed by atoms with Gasteiger partial charge in [0.25, 0.3) is 0 Å². The van der Waals surface area contributed by atoms with Gasteiger partial charge in [-0.05, 0) is 80.1 Å². The number of halogens is 1. The molecule has 3 aromatic rings. The van der Waals surface area contributed by atoms with Crippen LogP contribution in [0, 0.1) is 18.3 Å². The number of esters is 1. The van der Waals surface area contributed by atoms with E-state index in [1.54, 1.807) is 6.07 Å². The van der Waals surface area contributed by atoms with Crippen molar-refractivity contribution < 1.29 is 9.53 Å². The smallest absolute Gasteiger partial charge is 0.328 e. The summed E-state index contributed by atoms with van der Waals surface area (Å²) in [5.41, 5.74) is 11.4. The first kappa shape index (κ1) is 25.1. The number of ether oxygens (including phenoxy) is 1. The van der Waals surface area contributed by atoms with E-state index in [1.165, 1.54) is 11.1 Å². The van der Waals surface area contributed by atoms with E-state index in [2.05, 4.69) is 30.0 Å². The number of aryl methyl sites for hydroxylation is 1. The van der Waals surface area contributed by atoms with Gasteiger partial charge >= 0.3 is 5.97 Å². The largest absolute Gasteiger partial charge is 0.464 e. The molecule has 34 heavy (non-hydrogen) atoms. The van der Waals surface area contributed by atoms with Gasteiger partial charge in [0.15, 0.2) is 0 Å². The average molecular weight is 476 g/mol. The first-order valence-corrected chi connectivity index (χ1v) is 11.9. The van der Waals surface area contributed by atoms with Gasteiger partial charge in [-0.2, -0.15) is 5.26 Å². The molecule has 5 nitrogen and oxygen atoms in total. The number of nitrogens with zero attached hydrogens (tertiary/aromatic N) is 2. The predicted octanol–water partition coefficient (Wildman–Crippen LogP) is 6.38. The van der Waals surface area contributed by atoms with Crippen molar-refractivity contribution in [3.63, 3.8) is 0 Å². The Morgan fingerprint density at radius 3 is 2.65 bits per heavy atom. The number of nitriles is 1. The SMILES string of the molecule is CCOC(=O)C1CCCCN1c1cccc(C#N)c1.Cc1ccccc1-c1ccc(N)c(Cl)c1. The lowest BCUT2D eigenvalue weighted by molar-refractivity contribution is -0.145. The fourth-order valence-corrected chi connectivity index (χ4v) is 4.25. The summed E-state index contributed by atoms with van der Waals surface area (Å²) in [5, 5.41) is 9.57. The lowest BCUT2D eigenvalue weighted by Gasteiger charge is -2.35. The molecule has 0 amide bonds. The quantitative estimate of drug-likeness (QED) is 0.350. The monoisotopic (exact) mass is 475 g/mol. The Morgan fingerprint density at radius 1 is 1.15 bits per heavy atom. The molecule has 1 aliphatic rings. The van der Waals surface area contributed by atoms with Crippen LogP contribution in [0.5, 0.6) is 0 Å². The van der Waals surface area contributed by atoms with Crippen molar-refractivity contribution in [2.24, 2.45) is 0 Å². The minimum Gasteiger partial charge on any atom is -0.464 e. The van der Waals surface area contributed by atoms with Crippen LogP contribution in [0.3, 0.4) is 0 Å². The maximum atomic E-state index is 12.0. The zero-order chi connectivity index (χ0) is 24.5. The number of anilines is 2. The van der Waals surface area contributed by atoms with Crippen LogP contribution in [0.1, 0.15) is 37.3 Å². The fraction of sp³-hybridized carbons (Fsp3) is 0.286. The molecule has 2 N–H and O–H groups in total. The highest BCUT2D eigenvalue weighted by molar-refractivity contribution is 6.33. The first-order valence-electron chi connectivity index (χ1n) is 11.5. The number of benzene rings is 3. The summed E-state index contributed by atoms with van der Waals surface area (Å²) in [4.78, 5) is 14.1. The molecule has 1 fully saturated rings. The number of hydrogen-bond acceptors (Lipinski definition) is 5. The van der Waals surface area contributed by atoms with Gasteiger partial charge in [0.05, 0.1) is 28.9 Å². The van der Waals surface area contributed by atoms with Gasteiger partial charge in [-0.15, -0.1) is 0 Å². The number of nitrogens with two attached hydrogens (primary N) is 1. The van der Waals surface area contributed by atoms with E-state index in [0.29, 0.717) is 22.9 Å². The highest BCUT2D eigenvalue weighted by Gasteiger charge is 2.30. The second kappa shape index (κ2) is 12.1. The van der Waals surface area contributed by atoms with E-state index < -0.39 is 0 Å². The minimum absolute atomic E-state index is 0.162. The predicted molar refractivity (Wildman–Crippen MR) is 139 cm³/mol. The van der Waals surface area contributed by atoms with Gasteiger partial charge < -0.3 is 15.4 Å². The van der Waals surface area contributed by atoms with Crippen LogP contribution in [-0.2, 0) is 9.53 Å². The molecule has 1 atom stereocenters. The zero-order valence-corrected chi connectivity index (χ0v) is 20.4. The third-order valence-corrected chi connectivity index (χ3v) is 6.15. The van der Waals surface area contributed by atoms with Crippen LogP contribution >= 0.6 is 11.6 Å². The van der Waals surface area contributed by atoms with Crippen molar-refractivity contribution in [1.82, 2.24) is 0 Å². The van der Waals surface area contributed by atoms with Crippen molar-refractivity contribution in [1.29, 1.82) is 5.26 Å². The highest BCUT2D eigenvalue weighted by Crippen LogP contribution is 2.29. The van der Waals surface area contributed by atoms with Gasteiger partial charge in [0.1, 0.15) is 6.04 Å². The molecule has 0 aromatic heterocycles. The molecule has 1 unspecified atom stereocenters. The number of carbonyl (C=O) groups excluding carboxylic acids is 1. The maximum Gasteiger partial charge on any atom is 0.328 e. The Bertz CT molecular complexity index is 1170. The Morgan fingerprint density at radius 2 is 1.94 bits per heavy atom. The highest BCUT2D eigenvalue weighted by atomic mass is 35.5. The fourth-order valence-electron chi connectivity index (χ4n) is 4.07. The zero-order valence-electron chi connectivity index (χ0n) is 19.6. The second-order valence-electron chi connectivity index (χ2n) is 8.17. The normalized spacial score (nSPS) is 15.0. The molecule has 0 aliphatic carbocycles. The molecule has 0 bridgehead atoms. The van der Waals surface area contributed by atoms with Crippen LogP contribution in [0.2, 0.25) is 5.02 Å². The van der Waals surface area contributed by atoms with Crippen LogP contribution in [0.15, 0.2) is 66.7 Å². The Hall–Kier alpha value is -3.49. The maximum absolute atomic E-state index is 12.0. The molecule has 3 aromatic carbocycles. The molecular weight excluding hydrogens is 446 g/mol. The van der Waals surface area contributed by atoms with Crippen molar-refractivity contribution in [2.45, 2.75) is 39.2 Å². The van der Waals surface area contributed by atoms with E-state index in [-0.39, 0.29) is 12.0 Å². The standard InChI is InChI=1S/C15H18N2O2.C13H12ClN/c1-2-19-15(18)14-8-3-4-9-17(14)13-7-5-6-12(10-13)11-16;1-9-4-2-3-5-11(9)10-6-7-13(15)12(14)8-10/h5-7,10,14H,2-4,8-9H2,1H3;2-8H,15H2,1H3. The summed E-state index contributed by atoms with van der Waals surface area (Å²) in [6.45, 7) is 5.14. The molecule has 0 spiro atoms. The summed E-state index contributed by atoms with van der Waals surface area (Å²) < 4.78 is 5.14. The summed E-state index contributed by atoms with van der Waals surface area (Å²) in [6, 6.07) is 23.2. The summed E-state index contributed by atoms with van der Waals surface area (Å²) in [6.07, 6.45) is 2.92. The molecule has 176 valence electrons. The molecule has 1 aliphatic heterocycles. The van der Waals surface area contributed by atoms with E-state index in [1.807, 2.05) is 55.5 Å². The molecule has 1 saturated heterocycles. The summed E-state index contributed by atoms with van der Waals surface area (Å²) >= 11 is 5.99. The van der Waals surface area contributed by atoms with Gasteiger partial charge in [0.2, 0.25) is 0 Å². The van der Waals surface area contributed by atoms with Crippen molar-refractivity contribution in [3.8, 4) is 17.2 Å². The van der Waals surface area contributed by atoms with Crippen molar-refractivity contribution >= 4 is 28.9 Å². The number of hydrogen-bond donors (Lipinski definition) is 1. The van der Waals surface area contributed by atoms with E-state index in [9.17, 15) is 4.79 Å². The van der Waals surface area contributed by atoms with E-state index in [4.69, 9.17) is 27.3 Å². The molecule has 6 heteroatoms. The van der Waals surface area contributed by atoms with Crippen LogP contribution < -0.4 is 10.6 Å². The van der Waals surface area contributed by atoms with E-state index in [0.717, 1.165) is 37.1 Å². The average Bonchev–Trinajstić information content (AvgIpc) is 2.87. The Labute approximate surface area is 206 Å². The summed E-state index contributed by atoms with van der Waals surface area (Å²) in [5.74, 6) is -0.162. The van der Waals surface area contributed by atoms with Gasteiger partial charge in [-0.25, -0.2) is 4.79 Å². The minimum atomic E-state index is -0.220. The summed E-state index contributed by atoms with van der Waals surface area (Å²) in [7, 11) is 0. The number of carbonyl (C=O) groups is 1. The second-order valence-corrected chi connectivity index (χ2v) is 8.58. The molecule has 0 saturated carbocycles. The topological polar surface area (TPSA) is 79.3 Å². The van der Waals surface area contributed by atoms with Crippen LogP contribution in [0.25, 0.3) is 11.1 Å². The van der Waals surface area contributed by atoms with Gasteiger partial charge in [0, 0.05) is 12.2 Å². The molecular formula is C28H30ClN3O2. The Balaban J connectivity index is 0.000000196. The number of rotatable bonds is 4. The molecule has 4 rings (SSSR count). The molecule has 0 radical (unpaired) electrons. The Kier molecular flexibility index (Phi) is 8.95. The van der Waals surface area contributed by atoms with Gasteiger partial charge in [-0.3, -0.25) is 0 Å². The number of nitrogen functional groups attached to an aromatic ring is 1.